The van der Waals surface area contributed by atoms with E-state index in [1.54, 1.807) is 6.07 Å². The summed E-state index contributed by atoms with van der Waals surface area (Å²) in [5, 5.41) is 2.66. The first-order valence-electron chi connectivity index (χ1n) is 6.65. The molecule has 0 radical (unpaired) electrons. The van der Waals surface area contributed by atoms with E-state index in [-0.39, 0.29) is 18.3 Å². The number of anilines is 1. The smallest absolute Gasteiger partial charge is 0.333 e. The van der Waals surface area contributed by atoms with Gasteiger partial charge in [0.2, 0.25) is 5.88 Å². The summed E-state index contributed by atoms with van der Waals surface area (Å²) in [5.74, 6) is -1.80. The minimum atomic E-state index is -1.03. The molecule has 1 aromatic heterocycles. The molecule has 10 heteroatoms. The number of carbonyl (C=O) groups is 1. The van der Waals surface area contributed by atoms with Crippen molar-refractivity contribution in [3.8, 4) is 5.88 Å². The van der Waals surface area contributed by atoms with Gasteiger partial charge in [-0.05, 0) is 40.8 Å². The van der Waals surface area contributed by atoms with Crippen LogP contribution < -0.4 is 27.0 Å². The SMILES string of the molecule is Cn1c(OCNc2ccc(I)cc2F)c(C(N)=O)c(=O)n(C)c1=O. The largest absolute Gasteiger partial charge is 0.457 e. The van der Waals surface area contributed by atoms with Crippen molar-refractivity contribution in [2.24, 2.45) is 19.8 Å². The van der Waals surface area contributed by atoms with E-state index in [4.69, 9.17) is 10.5 Å². The summed E-state index contributed by atoms with van der Waals surface area (Å²) in [6, 6.07) is 4.53. The van der Waals surface area contributed by atoms with Crippen LogP contribution in [0.15, 0.2) is 27.8 Å². The molecule has 0 aliphatic rings. The molecule has 0 unspecified atom stereocenters. The molecule has 2 rings (SSSR count). The van der Waals surface area contributed by atoms with Gasteiger partial charge in [-0.15, -0.1) is 0 Å². The number of primary amides is 1. The standard InChI is InChI=1S/C14H14FIN4O4/c1-19-12(22)10(11(17)21)13(20(2)14(19)23)24-6-18-9-4-3-7(16)5-8(9)15/h3-5,18H,6H2,1-2H3,(H2,17,21). The number of hydrogen-bond donors (Lipinski definition) is 2. The number of aromatic nitrogens is 2. The van der Waals surface area contributed by atoms with Gasteiger partial charge in [0.1, 0.15) is 5.82 Å². The Labute approximate surface area is 149 Å². The molecular weight excluding hydrogens is 434 g/mol. The average molecular weight is 448 g/mol. The highest BCUT2D eigenvalue weighted by molar-refractivity contribution is 14.1. The molecule has 2 aromatic rings. The average Bonchev–Trinajstić information content (AvgIpc) is 2.51. The van der Waals surface area contributed by atoms with E-state index in [0.29, 0.717) is 0 Å². The summed E-state index contributed by atoms with van der Waals surface area (Å²) >= 11 is 1.97. The highest BCUT2D eigenvalue weighted by Crippen LogP contribution is 2.17. The van der Waals surface area contributed by atoms with Crippen molar-refractivity contribution in [3.63, 3.8) is 0 Å². The molecule has 3 N–H and O–H groups in total. The summed E-state index contributed by atoms with van der Waals surface area (Å²) in [6.07, 6.45) is 0. The van der Waals surface area contributed by atoms with Crippen LogP contribution in [0.1, 0.15) is 10.4 Å². The van der Waals surface area contributed by atoms with Crippen LogP contribution in [0, 0.1) is 9.39 Å². The van der Waals surface area contributed by atoms with Crippen LogP contribution in [-0.4, -0.2) is 21.8 Å². The van der Waals surface area contributed by atoms with Gasteiger partial charge in [-0.3, -0.25) is 18.7 Å². The van der Waals surface area contributed by atoms with Crippen molar-refractivity contribution in [1.29, 1.82) is 0 Å². The number of halogens is 2. The molecule has 0 bridgehead atoms. The molecule has 128 valence electrons. The third-order valence-electron chi connectivity index (χ3n) is 3.26. The Balaban J connectivity index is 2.31. The Kier molecular flexibility index (Phi) is 5.26. The molecule has 8 nitrogen and oxygen atoms in total. The highest BCUT2D eigenvalue weighted by atomic mass is 127. The summed E-state index contributed by atoms with van der Waals surface area (Å²) in [5.41, 5.74) is 3.37. The first-order valence-corrected chi connectivity index (χ1v) is 7.73. The fourth-order valence-electron chi connectivity index (χ4n) is 2.02. The quantitative estimate of drug-likeness (QED) is 0.508. The van der Waals surface area contributed by atoms with E-state index < -0.39 is 28.5 Å². The monoisotopic (exact) mass is 448 g/mol. The number of nitrogens with one attached hydrogen (secondary N) is 1. The topological polar surface area (TPSA) is 108 Å². The summed E-state index contributed by atoms with van der Waals surface area (Å²) in [6.45, 7) is -0.280. The molecule has 0 atom stereocenters. The van der Waals surface area contributed by atoms with Gasteiger partial charge in [0, 0.05) is 17.7 Å². The van der Waals surface area contributed by atoms with E-state index in [1.165, 1.54) is 26.2 Å². The minimum absolute atomic E-state index is 0.171. The lowest BCUT2D eigenvalue weighted by Gasteiger charge is -2.15. The first kappa shape index (κ1) is 18.0. The van der Waals surface area contributed by atoms with Gasteiger partial charge < -0.3 is 15.8 Å². The van der Waals surface area contributed by atoms with Gasteiger partial charge in [-0.25, -0.2) is 9.18 Å². The van der Waals surface area contributed by atoms with Crippen LogP contribution in [0.25, 0.3) is 0 Å². The zero-order valence-corrected chi connectivity index (χ0v) is 15.0. The summed E-state index contributed by atoms with van der Waals surface area (Å²) in [7, 11) is 2.55. The first-order chi connectivity index (χ1) is 11.2. The van der Waals surface area contributed by atoms with Crippen molar-refractivity contribution < 1.29 is 13.9 Å². The van der Waals surface area contributed by atoms with E-state index in [9.17, 15) is 18.8 Å². The third-order valence-corrected chi connectivity index (χ3v) is 3.93. The number of ether oxygens (including phenoxy) is 1. The van der Waals surface area contributed by atoms with Gasteiger partial charge in [0.25, 0.3) is 11.5 Å². The van der Waals surface area contributed by atoms with Crippen LogP contribution in [0.2, 0.25) is 0 Å². The minimum Gasteiger partial charge on any atom is -0.457 e. The molecular formula is C14H14FIN4O4. The number of nitrogens with two attached hydrogens (primary N) is 1. The van der Waals surface area contributed by atoms with Crippen LogP contribution >= 0.6 is 22.6 Å². The van der Waals surface area contributed by atoms with Gasteiger partial charge in [-0.1, -0.05) is 0 Å². The van der Waals surface area contributed by atoms with Crippen molar-refractivity contribution in [2.45, 2.75) is 0 Å². The second-order valence-electron chi connectivity index (χ2n) is 4.84. The Bertz CT molecular complexity index is 922. The fourth-order valence-corrected chi connectivity index (χ4v) is 2.47. The van der Waals surface area contributed by atoms with Crippen LogP contribution in [0.4, 0.5) is 10.1 Å². The molecule has 24 heavy (non-hydrogen) atoms. The maximum atomic E-state index is 13.7. The molecule has 1 heterocycles. The van der Waals surface area contributed by atoms with E-state index in [1.807, 2.05) is 22.6 Å². The normalized spacial score (nSPS) is 10.5. The van der Waals surface area contributed by atoms with E-state index in [2.05, 4.69) is 5.32 Å². The maximum absolute atomic E-state index is 13.7. The Morgan fingerprint density at radius 1 is 1.33 bits per heavy atom. The van der Waals surface area contributed by atoms with Gasteiger partial charge >= 0.3 is 5.69 Å². The lowest BCUT2D eigenvalue weighted by Crippen LogP contribution is -2.42. The van der Waals surface area contributed by atoms with Crippen LogP contribution in [0.3, 0.4) is 0 Å². The molecule has 0 fully saturated rings. The predicted octanol–water partition coefficient (Wildman–Crippen LogP) is 0.375. The molecule has 0 aliphatic carbocycles. The lowest BCUT2D eigenvalue weighted by atomic mass is 10.3. The fraction of sp³-hybridized carbons (Fsp3) is 0.214. The van der Waals surface area contributed by atoms with Gasteiger partial charge in [0.15, 0.2) is 12.3 Å². The Morgan fingerprint density at radius 2 is 2.00 bits per heavy atom. The van der Waals surface area contributed by atoms with Crippen LogP contribution in [-0.2, 0) is 14.1 Å². The molecule has 0 saturated heterocycles. The summed E-state index contributed by atoms with van der Waals surface area (Å²) in [4.78, 5) is 35.5. The van der Waals surface area contributed by atoms with Crippen molar-refractivity contribution in [3.05, 3.63) is 54.0 Å². The van der Waals surface area contributed by atoms with E-state index >= 15 is 0 Å². The van der Waals surface area contributed by atoms with Gasteiger partial charge in [0.05, 0.1) is 5.69 Å². The zero-order valence-electron chi connectivity index (χ0n) is 12.8. The maximum Gasteiger partial charge on any atom is 0.333 e. The third kappa shape index (κ3) is 3.42. The Morgan fingerprint density at radius 3 is 2.58 bits per heavy atom. The molecule has 0 aliphatic heterocycles. The Hall–Kier alpha value is -2.37. The second-order valence-corrected chi connectivity index (χ2v) is 6.09. The number of benzene rings is 1. The summed E-state index contributed by atoms with van der Waals surface area (Å²) < 4.78 is 21.5. The number of nitrogens with zero attached hydrogens (tertiary/aromatic N) is 2. The zero-order chi connectivity index (χ0) is 18.0. The number of rotatable bonds is 5. The molecule has 0 spiro atoms. The van der Waals surface area contributed by atoms with Crippen molar-refractivity contribution in [1.82, 2.24) is 9.13 Å². The molecule has 1 amide bonds. The van der Waals surface area contributed by atoms with E-state index in [0.717, 1.165) is 12.7 Å². The van der Waals surface area contributed by atoms with Gasteiger partial charge in [-0.2, -0.15) is 0 Å². The highest BCUT2D eigenvalue weighted by Gasteiger charge is 2.21. The molecule has 0 saturated carbocycles. The predicted molar refractivity (Wildman–Crippen MR) is 93.7 cm³/mol. The number of carbonyl (C=O) groups excluding carboxylic acids is 1. The number of amides is 1. The second kappa shape index (κ2) is 7.03. The van der Waals surface area contributed by atoms with Crippen molar-refractivity contribution in [2.75, 3.05) is 12.0 Å². The van der Waals surface area contributed by atoms with Crippen molar-refractivity contribution >= 4 is 34.2 Å². The van der Waals surface area contributed by atoms with Crippen LogP contribution in [0.5, 0.6) is 5.88 Å². The molecule has 1 aromatic carbocycles. The lowest BCUT2D eigenvalue weighted by molar-refractivity contribution is 0.0992. The number of hydrogen-bond acceptors (Lipinski definition) is 5.